The summed E-state index contributed by atoms with van der Waals surface area (Å²) in [5.41, 5.74) is 2.71. The van der Waals surface area contributed by atoms with Crippen LogP contribution in [0.25, 0.3) is 0 Å². The molecule has 1 aliphatic heterocycles. The largest absolute Gasteiger partial charge is 0.459 e. The fraction of sp³-hybridized carbons (Fsp3) is 0.500. The Balaban J connectivity index is 3.08. The van der Waals surface area contributed by atoms with E-state index in [2.05, 4.69) is 11.9 Å². The average molecular weight is 584 g/mol. The fourth-order valence-electron chi connectivity index (χ4n) is 4.27. The molecule has 42 heavy (non-hydrogen) atoms. The van der Waals surface area contributed by atoms with E-state index in [1.54, 1.807) is 25.3 Å². The Morgan fingerprint density at radius 2 is 1.90 bits per heavy atom. The number of rotatable bonds is 7. The summed E-state index contributed by atoms with van der Waals surface area (Å²) in [4.78, 5) is 36.0. The normalized spacial score (nSPS) is 27.9. The van der Waals surface area contributed by atoms with Crippen LogP contribution in [0.1, 0.15) is 79.6 Å². The summed E-state index contributed by atoms with van der Waals surface area (Å²) in [5.74, 6) is -1.15. The molecule has 8 heteroatoms. The first kappa shape index (κ1) is 36.5. The maximum absolute atomic E-state index is 12.7. The maximum Gasteiger partial charge on any atom is 0.330 e. The summed E-state index contributed by atoms with van der Waals surface area (Å²) in [6.45, 7) is 12.7. The number of amides is 1. The number of nitrogens with one attached hydrogen (secondary N) is 1. The molecule has 1 amide bonds. The van der Waals surface area contributed by atoms with E-state index in [9.17, 15) is 24.6 Å². The highest BCUT2D eigenvalue weighted by atomic mass is 16.6. The molecule has 0 saturated carbocycles. The van der Waals surface area contributed by atoms with Crippen LogP contribution in [0, 0.1) is 5.92 Å². The molecule has 0 radical (unpaired) electrons. The number of esters is 2. The number of aliphatic hydroxyl groups is 2. The van der Waals surface area contributed by atoms with Crippen molar-refractivity contribution in [3.8, 4) is 0 Å². The number of ether oxygens (including phenoxy) is 2. The standard InChI is InChI=1S/C34H49NO7/c1-24(2)21-33(39)35-20-19-26(4)22-27(5)32-23-25(3)13-9-7-11-15-31(41-28(6)36)30(38)18-17-29(37)14-10-8-12-16-34(40)42-32/h7,9,12-13,16-20,22,27,29-32,37-38H,1,8,10-11,14-15,21,23H2,2-6H3,(H,35,39)/b9-7+,16-12+,18-17+,20-19+,25-13+,26-22+. The van der Waals surface area contributed by atoms with Crippen molar-refractivity contribution in [1.82, 2.24) is 5.32 Å². The molecule has 1 heterocycles. The molecule has 8 nitrogen and oxygen atoms in total. The second-order valence-electron chi connectivity index (χ2n) is 10.9. The minimum absolute atomic E-state index is 0.115. The predicted octanol–water partition coefficient (Wildman–Crippen LogP) is 5.70. The highest BCUT2D eigenvalue weighted by Gasteiger charge is 2.21. The SMILES string of the molecule is C=C(C)CC(=O)N/C=C/C(C)=C/C(C)C1C/C(C)=C/C=C/CCC(OC(C)=O)C(O)/C=C/C(O)CCC/C=C/C(=O)O1. The van der Waals surface area contributed by atoms with Crippen LogP contribution >= 0.6 is 0 Å². The molecule has 0 aromatic heterocycles. The van der Waals surface area contributed by atoms with Gasteiger partial charge in [-0.05, 0) is 59.0 Å². The van der Waals surface area contributed by atoms with Gasteiger partial charge in [-0.2, -0.15) is 0 Å². The van der Waals surface area contributed by atoms with Crippen molar-refractivity contribution < 1.29 is 34.1 Å². The topological polar surface area (TPSA) is 122 Å². The van der Waals surface area contributed by atoms with E-state index >= 15 is 0 Å². The summed E-state index contributed by atoms with van der Waals surface area (Å²) in [6, 6.07) is 0. The number of hydrogen-bond acceptors (Lipinski definition) is 7. The first-order valence-electron chi connectivity index (χ1n) is 14.6. The summed E-state index contributed by atoms with van der Waals surface area (Å²) in [7, 11) is 0. The number of carbonyl (C=O) groups is 3. The lowest BCUT2D eigenvalue weighted by Gasteiger charge is -2.22. The molecule has 0 spiro atoms. The van der Waals surface area contributed by atoms with E-state index < -0.39 is 36.4 Å². The molecule has 0 saturated heterocycles. The highest BCUT2D eigenvalue weighted by Crippen LogP contribution is 2.21. The second-order valence-corrected chi connectivity index (χ2v) is 10.9. The van der Waals surface area contributed by atoms with Crippen molar-refractivity contribution in [2.75, 3.05) is 0 Å². The molecule has 232 valence electrons. The third-order valence-electron chi connectivity index (χ3n) is 6.44. The van der Waals surface area contributed by atoms with Gasteiger partial charge in [-0.3, -0.25) is 9.59 Å². The summed E-state index contributed by atoms with van der Waals surface area (Å²) >= 11 is 0. The lowest BCUT2D eigenvalue weighted by molar-refractivity contribution is -0.151. The summed E-state index contributed by atoms with van der Waals surface area (Å²) in [5, 5.41) is 23.5. The third-order valence-corrected chi connectivity index (χ3v) is 6.44. The van der Waals surface area contributed by atoms with Gasteiger partial charge in [0.2, 0.25) is 5.91 Å². The van der Waals surface area contributed by atoms with Gasteiger partial charge in [0.15, 0.2) is 0 Å². The van der Waals surface area contributed by atoms with Crippen molar-refractivity contribution in [3.05, 3.63) is 84.2 Å². The van der Waals surface area contributed by atoms with Gasteiger partial charge in [0, 0.05) is 38.0 Å². The molecule has 0 aromatic rings. The molecular formula is C34H49NO7. The van der Waals surface area contributed by atoms with E-state index in [1.807, 2.05) is 45.1 Å². The number of cyclic esters (lactones) is 1. The zero-order chi connectivity index (χ0) is 31.5. The van der Waals surface area contributed by atoms with Crippen molar-refractivity contribution in [2.45, 2.75) is 104 Å². The lowest BCUT2D eigenvalue weighted by Crippen LogP contribution is -2.29. The smallest absolute Gasteiger partial charge is 0.330 e. The van der Waals surface area contributed by atoms with Crippen molar-refractivity contribution in [1.29, 1.82) is 0 Å². The number of carbonyl (C=O) groups excluding carboxylic acids is 3. The van der Waals surface area contributed by atoms with Crippen LogP contribution in [0.3, 0.4) is 0 Å². The first-order valence-corrected chi connectivity index (χ1v) is 14.6. The molecule has 0 aromatic carbocycles. The summed E-state index contributed by atoms with van der Waals surface area (Å²) < 4.78 is 11.2. The van der Waals surface area contributed by atoms with Crippen LogP contribution in [0.5, 0.6) is 0 Å². The van der Waals surface area contributed by atoms with E-state index in [1.165, 1.54) is 25.2 Å². The van der Waals surface area contributed by atoms with Crippen LogP contribution in [0.15, 0.2) is 84.2 Å². The quantitative estimate of drug-likeness (QED) is 0.200. The van der Waals surface area contributed by atoms with Gasteiger partial charge in [-0.1, -0.05) is 72.8 Å². The molecule has 5 unspecified atom stereocenters. The maximum atomic E-state index is 12.7. The van der Waals surface area contributed by atoms with Gasteiger partial charge < -0.3 is 25.0 Å². The molecule has 1 rings (SSSR count). The van der Waals surface area contributed by atoms with Crippen molar-refractivity contribution in [2.24, 2.45) is 5.92 Å². The number of allylic oxidation sites excluding steroid dienone is 6. The van der Waals surface area contributed by atoms with E-state index in [-0.39, 0.29) is 18.2 Å². The lowest BCUT2D eigenvalue weighted by atomic mass is 9.95. The Bertz CT molecular complexity index is 1080. The van der Waals surface area contributed by atoms with E-state index in [0.717, 1.165) is 16.7 Å². The molecule has 0 aliphatic carbocycles. The zero-order valence-electron chi connectivity index (χ0n) is 25.8. The van der Waals surface area contributed by atoms with Crippen LogP contribution < -0.4 is 5.32 Å². The van der Waals surface area contributed by atoms with Gasteiger partial charge in [-0.25, -0.2) is 4.79 Å². The number of aliphatic hydroxyl groups excluding tert-OH is 2. The third kappa shape index (κ3) is 17.4. The monoisotopic (exact) mass is 583 g/mol. The molecule has 0 bridgehead atoms. The molecule has 1 aliphatic rings. The molecule has 0 fully saturated rings. The Labute approximate surface area is 251 Å². The molecule has 3 N–H and O–H groups in total. The van der Waals surface area contributed by atoms with Crippen LogP contribution in [-0.4, -0.2) is 52.5 Å². The minimum atomic E-state index is -1.03. The van der Waals surface area contributed by atoms with Crippen LogP contribution in [-0.2, 0) is 23.9 Å². The average Bonchev–Trinajstić information content (AvgIpc) is 2.89. The summed E-state index contributed by atoms with van der Waals surface area (Å²) in [6.07, 6.45) is 17.7. The molecular weight excluding hydrogens is 534 g/mol. The van der Waals surface area contributed by atoms with Gasteiger partial charge in [0.05, 0.1) is 6.10 Å². The van der Waals surface area contributed by atoms with E-state index in [4.69, 9.17) is 9.47 Å². The van der Waals surface area contributed by atoms with Gasteiger partial charge >= 0.3 is 11.9 Å². The first-order chi connectivity index (χ1) is 19.9. The Kier molecular flexibility index (Phi) is 17.7. The highest BCUT2D eigenvalue weighted by molar-refractivity contribution is 5.82. The van der Waals surface area contributed by atoms with Crippen LogP contribution in [0.4, 0.5) is 0 Å². The van der Waals surface area contributed by atoms with Gasteiger partial charge in [0.1, 0.15) is 18.3 Å². The number of hydrogen-bond donors (Lipinski definition) is 3. The van der Waals surface area contributed by atoms with E-state index in [0.29, 0.717) is 38.5 Å². The Hall–Kier alpha value is -3.49. The van der Waals surface area contributed by atoms with Crippen LogP contribution in [0.2, 0.25) is 0 Å². The van der Waals surface area contributed by atoms with Crippen molar-refractivity contribution >= 4 is 17.8 Å². The minimum Gasteiger partial charge on any atom is -0.459 e. The zero-order valence-corrected chi connectivity index (χ0v) is 25.8. The fourth-order valence-corrected chi connectivity index (χ4v) is 4.27. The predicted molar refractivity (Wildman–Crippen MR) is 166 cm³/mol. The second kappa shape index (κ2) is 20.4. The molecule has 5 atom stereocenters. The Morgan fingerprint density at radius 1 is 1.17 bits per heavy atom. The van der Waals surface area contributed by atoms with Crippen molar-refractivity contribution in [3.63, 3.8) is 0 Å². The Morgan fingerprint density at radius 3 is 2.60 bits per heavy atom. The van der Waals surface area contributed by atoms with Gasteiger partial charge in [0.25, 0.3) is 0 Å². The van der Waals surface area contributed by atoms with Gasteiger partial charge in [-0.15, -0.1) is 0 Å².